The summed E-state index contributed by atoms with van der Waals surface area (Å²) >= 11 is 0. The Morgan fingerprint density at radius 3 is 2.05 bits per heavy atom. The van der Waals surface area contributed by atoms with E-state index in [2.05, 4.69) is 5.32 Å². The van der Waals surface area contributed by atoms with Crippen LogP contribution in [0.3, 0.4) is 0 Å². The summed E-state index contributed by atoms with van der Waals surface area (Å²) in [6.07, 6.45) is -8.68. The number of aliphatic hydroxyl groups is 3. The van der Waals surface area contributed by atoms with Crippen molar-refractivity contribution in [2.45, 2.75) is 162 Å². The van der Waals surface area contributed by atoms with Crippen LogP contribution in [0.5, 0.6) is 0 Å². The Balaban J connectivity index is 1.99. The fourth-order valence-electron chi connectivity index (χ4n) is 9.03. The number of hydrogen-bond acceptors (Lipinski definition) is 15. The Bertz CT molecular complexity index is 1760. The molecule has 2 bridgehead atoms. The predicted molar refractivity (Wildman–Crippen MR) is 201 cm³/mol. The fraction of sp³-hybridized carbons (Fsp3) is 0.707. The summed E-state index contributed by atoms with van der Waals surface area (Å²) in [7, 11) is 0. The number of aliphatic hydroxyl groups excluding tert-OH is 2. The van der Waals surface area contributed by atoms with Gasteiger partial charge < -0.3 is 49.1 Å². The molecule has 0 unspecified atom stereocenters. The van der Waals surface area contributed by atoms with E-state index in [1.807, 2.05) is 0 Å². The number of fused-ring (bicyclic) bond motifs is 5. The number of ketones is 1. The van der Waals surface area contributed by atoms with Gasteiger partial charge in [0, 0.05) is 38.2 Å². The smallest absolute Gasteiger partial charge is 0.408 e. The van der Waals surface area contributed by atoms with Crippen molar-refractivity contribution < 1.29 is 72.5 Å². The molecule has 318 valence electrons. The van der Waals surface area contributed by atoms with Gasteiger partial charge in [-0.2, -0.15) is 0 Å². The van der Waals surface area contributed by atoms with E-state index in [9.17, 15) is 39.3 Å². The lowest BCUT2D eigenvalue weighted by Crippen LogP contribution is -2.82. The number of carbonyl (C=O) groups excluding carboxylic acids is 6. The first kappa shape index (κ1) is 45.6. The zero-order valence-electron chi connectivity index (χ0n) is 35.1. The monoisotopic (exact) mass is 805 g/mol. The maximum Gasteiger partial charge on any atom is 0.408 e. The van der Waals surface area contributed by atoms with Gasteiger partial charge in [-0.3, -0.25) is 14.4 Å². The molecular formula is C41H59NO15. The van der Waals surface area contributed by atoms with Crippen LogP contribution >= 0.6 is 0 Å². The molecule has 0 aromatic carbocycles. The topological polar surface area (TPSA) is 231 Å². The number of rotatable bonds is 9. The Labute approximate surface area is 333 Å². The SMILES string of the molecule is CC(=O)O[C@H]1C(=O)[C@]2(C)[C@@H](O)C[C@H]3OC[C@]3(OC(C)=O)[C@@H]2[C@@H](OC(=O)C=C(C)C)[C@]2(O)C[C@@H](OC(=O)[C@H](O)[C@H](C=C(C)C)NC(=O)OC(C)(C)C)C(C)=C1C2(C)C. The van der Waals surface area contributed by atoms with Crippen molar-refractivity contribution in [1.82, 2.24) is 5.32 Å². The average molecular weight is 806 g/mol. The summed E-state index contributed by atoms with van der Waals surface area (Å²) in [5.41, 5.74) is -7.34. The highest BCUT2D eigenvalue weighted by Crippen LogP contribution is 2.64. The van der Waals surface area contributed by atoms with Crippen molar-refractivity contribution >= 4 is 35.8 Å². The zero-order valence-corrected chi connectivity index (χ0v) is 35.1. The second-order valence-corrected chi connectivity index (χ2v) is 17.9. The third-order valence-electron chi connectivity index (χ3n) is 11.6. The molecule has 2 saturated carbocycles. The number of amides is 1. The molecule has 1 saturated heterocycles. The molecule has 4 rings (SSSR count). The first-order chi connectivity index (χ1) is 26.0. The van der Waals surface area contributed by atoms with Gasteiger partial charge in [0.2, 0.25) is 0 Å². The van der Waals surface area contributed by atoms with Gasteiger partial charge in [-0.1, -0.05) is 31.1 Å². The molecule has 0 radical (unpaired) electrons. The molecule has 11 atom stereocenters. The molecule has 1 heterocycles. The minimum atomic E-state index is -2.35. The van der Waals surface area contributed by atoms with E-state index < -0.39 is 118 Å². The molecule has 3 fully saturated rings. The van der Waals surface area contributed by atoms with E-state index in [-0.39, 0.29) is 24.2 Å². The predicted octanol–water partition coefficient (Wildman–Crippen LogP) is 3.08. The van der Waals surface area contributed by atoms with Crippen molar-refractivity contribution in [3.05, 3.63) is 34.4 Å². The molecule has 0 spiro atoms. The van der Waals surface area contributed by atoms with E-state index in [1.165, 1.54) is 26.0 Å². The van der Waals surface area contributed by atoms with E-state index in [0.717, 1.165) is 13.8 Å². The van der Waals surface area contributed by atoms with Gasteiger partial charge >= 0.3 is 30.0 Å². The Hall–Kier alpha value is -4.12. The van der Waals surface area contributed by atoms with Gasteiger partial charge in [-0.05, 0) is 73.5 Å². The number of hydrogen-bond donors (Lipinski definition) is 4. The number of ether oxygens (including phenoxy) is 6. The summed E-state index contributed by atoms with van der Waals surface area (Å²) in [6, 6.07) is -1.34. The maximum absolute atomic E-state index is 15.3. The largest absolute Gasteiger partial charge is 0.456 e. The van der Waals surface area contributed by atoms with E-state index >= 15 is 4.79 Å². The van der Waals surface area contributed by atoms with Crippen LogP contribution in [0.15, 0.2) is 34.4 Å². The molecule has 1 aliphatic heterocycles. The molecule has 16 nitrogen and oxygen atoms in total. The van der Waals surface area contributed by atoms with Gasteiger partial charge in [0.25, 0.3) is 0 Å². The van der Waals surface area contributed by atoms with Crippen molar-refractivity contribution in [2.24, 2.45) is 16.7 Å². The molecule has 0 aromatic heterocycles. The van der Waals surface area contributed by atoms with Crippen molar-refractivity contribution in [2.75, 3.05) is 6.61 Å². The van der Waals surface area contributed by atoms with Gasteiger partial charge in [-0.25, -0.2) is 14.4 Å². The van der Waals surface area contributed by atoms with Crippen LogP contribution in [0.1, 0.15) is 103 Å². The van der Waals surface area contributed by atoms with Crippen molar-refractivity contribution in [3.8, 4) is 0 Å². The molecule has 4 N–H and O–H groups in total. The first-order valence-electron chi connectivity index (χ1n) is 19.1. The molecule has 4 aliphatic rings. The van der Waals surface area contributed by atoms with Crippen LogP contribution < -0.4 is 5.32 Å². The highest BCUT2D eigenvalue weighted by atomic mass is 16.6. The number of esters is 4. The molecule has 16 heteroatoms. The molecular weight excluding hydrogens is 746 g/mol. The lowest BCUT2D eigenvalue weighted by molar-refractivity contribution is -0.347. The van der Waals surface area contributed by atoms with E-state index in [1.54, 1.807) is 62.3 Å². The number of allylic oxidation sites excluding steroid dienone is 2. The number of Topliss-reactive ketones (excluding diaryl/α,β-unsaturated/α-hetero) is 1. The van der Waals surface area contributed by atoms with Crippen LogP contribution in [0, 0.1) is 16.7 Å². The number of nitrogens with one attached hydrogen (secondary N) is 1. The summed E-state index contributed by atoms with van der Waals surface area (Å²) < 4.78 is 35.1. The fourth-order valence-corrected chi connectivity index (χ4v) is 9.03. The lowest BCUT2D eigenvalue weighted by atomic mass is 9.44. The average Bonchev–Trinajstić information content (AvgIpc) is 3.03. The minimum Gasteiger partial charge on any atom is -0.456 e. The van der Waals surface area contributed by atoms with Crippen LogP contribution in [-0.2, 0) is 52.4 Å². The Morgan fingerprint density at radius 2 is 1.56 bits per heavy atom. The second-order valence-electron chi connectivity index (χ2n) is 17.9. The number of alkyl carbamates (subject to hydrolysis) is 1. The van der Waals surface area contributed by atoms with Gasteiger partial charge in [0.15, 0.2) is 23.6 Å². The number of carbonyl (C=O) groups is 6. The summed E-state index contributed by atoms with van der Waals surface area (Å²) in [5, 5.41) is 39.2. The second kappa shape index (κ2) is 15.9. The van der Waals surface area contributed by atoms with Gasteiger partial charge in [0.1, 0.15) is 29.5 Å². The standard InChI is InChI=1S/C41H59NO15/c1-19(2)14-24(42-36(50)57-37(8,9)10)30(47)35(49)54-25-17-41(51)34(55-28(46)15-20(3)4)32-39(13,26(45)16-27-40(32,18-52-27)56-23(7)44)33(48)31(53-22(6)43)29(21(25)5)38(41,11)12/h14-15,24-27,30-32,34,45,47,51H,16-18H2,1-13H3,(H,42,50)/t24-,25+,26-,27+,30+,31+,32+,34+,39+,40+,41+/m0/s1. The summed E-state index contributed by atoms with van der Waals surface area (Å²) in [4.78, 5) is 81.4. The van der Waals surface area contributed by atoms with Gasteiger partial charge in [-0.15, -0.1) is 0 Å². The van der Waals surface area contributed by atoms with Gasteiger partial charge in [0.05, 0.1) is 30.1 Å². The highest BCUT2D eigenvalue weighted by molar-refractivity contribution is 5.95. The van der Waals surface area contributed by atoms with Crippen LogP contribution in [0.25, 0.3) is 0 Å². The third-order valence-corrected chi connectivity index (χ3v) is 11.6. The summed E-state index contributed by atoms with van der Waals surface area (Å²) in [6.45, 7) is 19.5. The molecule has 57 heavy (non-hydrogen) atoms. The Kier molecular flexibility index (Phi) is 12.7. The first-order valence-corrected chi connectivity index (χ1v) is 19.1. The highest BCUT2D eigenvalue weighted by Gasteiger charge is 2.78. The molecule has 0 aromatic rings. The summed E-state index contributed by atoms with van der Waals surface area (Å²) in [5.74, 6) is -6.22. The van der Waals surface area contributed by atoms with Crippen LogP contribution in [0.2, 0.25) is 0 Å². The van der Waals surface area contributed by atoms with Crippen LogP contribution in [-0.4, -0.2) is 117 Å². The van der Waals surface area contributed by atoms with E-state index in [4.69, 9.17) is 28.4 Å². The van der Waals surface area contributed by atoms with E-state index in [0.29, 0.717) is 11.1 Å². The molecule has 3 aliphatic carbocycles. The quantitative estimate of drug-likeness (QED) is 0.114. The third kappa shape index (κ3) is 8.41. The Morgan fingerprint density at radius 1 is 0.947 bits per heavy atom. The van der Waals surface area contributed by atoms with Crippen molar-refractivity contribution in [1.29, 1.82) is 0 Å². The zero-order chi connectivity index (χ0) is 43.4. The lowest BCUT2D eigenvalue weighted by Gasteiger charge is -2.67. The van der Waals surface area contributed by atoms with Crippen molar-refractivity contribution in [3.63, 3.8) is 0 Å². The maximum atomic E-state index is 15.3. The molecule has 1 amide bonds. The normalized spacial score (nSPS) is 33.9. The van der Waals surface area contributed by atoms with Crippen LogP contribution in [0.4, 0.5) is 4.79 Å². The minimum absolute atomic E-state index is 0.000116.